The van der Waals surface area contributed by atoms with Crippen molar-refractivity contribution < 1.29 is 0 Å². The second kappa shape index (κ2) is 6.96. The van der Waals surface area contributed by atoms with Gasteiger partial charge in [-0.15, -0.1) is 18.8 Å². The average Bonchev–Trinajstić information content (AvgIpc) is 2.35. The Morgan fingerprint density at radius 3 is 2.65 bits per heavy atom. The van der Waals surface area contributed by atoms with Crippen LogP contribution in [0.25, 0.3) is 10.8 Å². The molecule has 2 aromatic carbocycles. The summed E-state index contributed by atoms with van der Waals surface area (Å²) in [5, 5.41) is 5.86. The molecule has 0 aromatic heterocycles. The van der Waals surface area contributed by atoms with E-state index in [4.69, 9.17) is 6.42 Å². The predicted molar refractivity (Wildman–Crippen MR) is 76.6 cm³/mol. The van der Waals surface area contributed by atoms with Gasteiger partial charge in [-0.25, -0.2) is 0 Å². The number of halogens is 1. The summed E-state index contributed by atoms with van der Waals surface area (Å²) in [5.74, 6) is 2.58. The van der Waals surface area contributed by atoms with Gasteiger partial charge in [-0.1, -0.05) is 48.4 Å². The molecular weight excluding hydrogens is 230 g/mol. The van der Waals surface area contributed by atoms with E-state index in [9.17, 15) is 0 Å². The molecule has 2 rings (SSSR count). The van der Waals surface area contributed by atoms with Crippen molar-refractivity contribution in [2.45, 2.75) is 6.42 Å². The molecule has 1 nitrogen and oxygen atoms in total. The van der Waals surface area contributed by atoms with E-state index in [1.165, 1.54) is 16.3 Å². The van der Waals surface area contributed by atoms with Crippen LogP contribution in [-0.2, 0) is 6.42 Å². The van der Waals surface area contributed by atoms with E-state index >= 15 is 0 Å². The van der Waals surface area contributed by atoms with E-state index in [0.717, 1.165) is 13.0 Å². The Bertz CT molecular complexity index is 508. The van der Waals surface area contributed by atoms with Crippen LogP contribution in [0.2, 0.25) is 0 Å². The van der Waals surface area contributed by atoms with Crippen LogP contribution in [-0.4, -0.2) is 13.1 Å². The molecule has 2 heteroatoms. The number of nitrogens with one attached hydrogen (secondary N) is 1. The molecule has 0 amide bonds. The molecule has 0 saturated heterocycles. The molecule has 0 atom stereocenters. The first kappa shape index (κ1) is 13.6. The van der Waals surface area contributed by atoms with Gasteiger partial charge >= 0.3 is 0 Å². The molecule has 88 valence electrons. The predicted octanol–water partition coefficient (Wildman–Crippen LogP) is 3.03. The van der Waals surface area contributed by atoms with Crippen LogP contribution < -0.4 is 5.32 Å². The lowest BCUT2D eigenvalue weighted by Crippen LogP contribution is -2.17. The number of hydrogen-bond donors (Lipinski definition) is 1. The van der Waals surface area contributed by atoms with Gasteiger partial charge in [0.25, 0.3) is 0 Å². The van der Waals surface area contributed by atoms with Gasteiger partial charge in [0.05, 0.1) is 6.54 Å². The number of hydrogen-bond acceptors (Lipinski definition) is 1. The Balaban J connectivity index is 0.00000144. The van der Waals surface area contributed by atoms with Crippen molar-refractivity contribution in [3.8, 4) is 12.3 Å². The summed E-state index contributed by atoms with van der Waals surface area (Å²) in [5.41, 5.74) is 1.38. The van der Waals surface area contributed by atoms with E-state index in [1.54, 1.807) is 0 Å². The maximum Gasteiger partial charge on any atom is 0.0573 e. The van der Waals surface area contributed by atoms with Crippen molar-refractivity contribution in [2.24, 2.45) is 0 Å². The highest BCUT2D eigenvalue weighted by Gasteiger charge is 1.98. The largest absolute Gasteiger partial charge is 0.306 e. The zero-order valence-electron chi connectivity index (χ0n) is 9.65. The first-order valence-corrected chi connectivity index (χ1v) is 5.52. The maximum absolute atomic E-state index is 5.19. The lowest BCUT2D eigenvalue weighted by molar-refractivity contribution is 0.756. The van der Waals surface area contributed by atoms with Crippen LogP contribution in [0.15, 0.2) is 42.5 Å². The lowest BCUT2D eigenvalue weighted by atomic mass is 10.0. The first-order valence-electron chi connectivity index (χ1n) is 5.52. The summed E-state index contributed by atoms with van der Waals surface area (Å²) in [6, 6.07) is 14.9. The van der Waals surface area contributed by atoms with Crippen molar-refractivity contribution in [1.29, 1.82) is 0 Å². The average molecular weight is 246 g/mol. The second-order valence-electron chi connectivity index (χ2n) is 3.77. The summed E-state index contributed by atoms with van der Waals surface area (Å²) < 4.78 is 0. The molecule has 0 aliphatic carbocycles. The first-order chi connectivity index (χ1) is 7.92. The summed E-state index contributed by atoms with van der Waals surface area (Å²) in [7, 11) is 0. The Morgan fingerprint density at radius 1 is 1.06 bits per heavy atom. The molecule has 0 aliphatic rings. The molecule has 0 fully saturated rings. The number of terminal acetylenes is 1. The number of benzene rings is 2. The molecule has 0 unspecified atom stereocenters. The van der Waals surface area contributed by atoms with Gasteiger partial charge in [-0.2, -0.15) is 0 Å². The molecule has 0 spiro atoms. The SMILES string of the molecule is C#CCNCCc1cccc2ccccc12.Cl. The van der Waals surface area contributed by atoms with Crippen molar-refractivity contribution in [1.82, 2.24) is 5.32 Å². The van der Waals surface area contributed by atoms with Gasteiger partial charge in [0.15, 0.2) is 0 Å². The third-order valence-corrected chi connectivity index (χ3v) is 2.68. The van der Waals surface area contributed by atoms with Gasteiger partial charge in [0.2, 0.25) is 0 Å². The van der Waals surface area contributed by atoms with Crippen molar-refractivity contribution in [2.75, 3.05) is 13.1 Å². The van der Waals surface area contributed by atoms with Gasteiger partial charge < -0.3 is 5.32 Å². The second-order valence-corrected chi connectivity index (χ2v) is 3.77. The normalized spacial score (nSPS) is 9.59. The third-order valence-electron chi connectivity index (χ3n) is 2.68. The lowest BCUT2D eigenvalue weighted by Gasteiger charge is -2.06. The minimum Gasteiger partial charge on any atom is -0.306 e. The van der Waals surface area contributed by atoms with E-state index in [0.29, 0.717) is 6.54 Å². The van der Waals surface area contributed by atoms with Crippen molar-refractivity contribution in [3.63, 3.8) is 0 Å². The molecule has 0 radical (unpaired) electrons. The Kier molecular flexibility index (Phi) is 5.56. The van der Waals surface area contributed by atoms with Gasteiger partial charge in [0.1, 0.15) is 0 Å². The minimum absolute atomic E-state index is 0. The molecule has 0 bridgehead atoms. The van der Waals surface area contributed by atoms with E-state index in [2.05, 4.69) is 53.7 Å². The highest BCUT2D eigenvalue weighted by atomic mass is 35.5. The number of fused-ring (bicyclic) bond motifs is 1. The topological polar surface area (TPSA) is 12.0 Å². The van der Waals surface area contributed by atoms with Gasteiger partial charge in [-0.3, -0.25) is 0 Å². The van der Waals surface area contributed by atoms with Crippen molar-refractivity contribution in [3.05, 3.63) is 48.0 Å². The summed E-state index contributed by atoms with van der Waals surface area (Å²) in [6.07, 6.45) is 6.20. The molecule has 0 saturated carbocycles. The van der Waals surface area contributed by atoms with Gasteiger partial charge in [0, 0.05) is 6.54 Å². The van der Waals surface area contributed by atoms with E-state index in [-0.39, 0.29) is 12.4 Å². The van der Waals surface area contributed by atoms with Gasteiger partial charge in [-0.05, 0) is 22.8 Å². The van der Waals surface area contributed by atoms with Crippen LogP contribution in [0.3, 0.4) is 0 Å². The highest BCUT2D eigenvalue weighted by Crippen LogP contribution is 2.18. The fourth-order valence-electron chi connectivity index (χ4n) is 1.89. The third kappa shape index (κ3) is 3.49. The zero-order chi connectivity index (χ0) is 11.2. The van der Waals surface area contributed by atoms with E-state index in [1.807, 2.05) is 0 Å². The van der Waals surface area contributed by atoms with Crippen LogP contribution in [0.4, 0.5) is 0 Å². The summed E-state index contributed by atoms with van der Waals surface area (Å²) in [4.78, 5) is 0. The monoisotopic (exact) mass is 245 g/mol. The molecular formula is C15H16ClN. The van der Waals surface area contributed by atoms with Crippen LogP contribution in [0.5, 0.6) is 0 Å². The summed E-state index contributed by atoms with van der Waals surface area (Å²) >= 11 is 0. The minimum atomic E-state index is 0. The molecule has 0 heterocycles. The Morgan fingerprint density at radius 2 is 1.82 bits per heavy atom. The molecule has 0 aliphatic heterocycles. The van der Waals surface area contributed by atoms with Crippen molar-refractivity contribution >= 4 is 23.2 Å². The number of rotatable bonds is 4. The van der Waals surface area contributed by atoms with Crippen LogP contribution in [0, 0.1) is 12.3 Å². The quantitative estimate of drug-likeness (QED) is 0.645. The standard InChI is InChI=1S/C15H15N.ClH/c1-2-11-16-12-10-14-8-5-7-13-6-3-4-9-15(13)14;/h1,3-9,16H,10-12H2;1H. The van der Waals surface area contributed by atoms with Crippen LogP contribution in [0.1, 0.15) is 5.56 Å². The smallest absolute Gasteiger partial charge is 0.0573 e. The zero-order valence-corrected chi connectivity index (χ0v) is 10.5. The molecule has 17 heavy (non-hydrogen) atoms. The highest BCUT2D eigenvalue weighted by molar-refractivity contribution is 5.86. The fourth-order valence-corrected chi connectivity index (χ4v) is 1.89. The fraction of sp³-hybridized carbons (Fsp3) is 0.200. The molecule has 1 N–H and O–H groups in total. The van der Waals surface area contributed by atoms with Crippen LogP contribution >= 0.6 is 12.4 Å². The summed E-state index contributed by atoms with van der Waals surface area (Å²) in [6.45, 7) is 1.57. The van der Waals surface area contributed by atoms with E-state index < -0.39 is 0 Å². The Hall–Kier alpha value is -1.49. The molecule has 2 aromatic rings. The Labute approximate surface area is 109 Å². The maximum atomic E-state index is 5.19.